The van der Waals surface area contributed by atoms with Gasteiger partial charge in [-0.25, -0.2) is 0 Å². The van der Waals surface area contributed by atoms with Crippen LogP contribution in [0.15, 0.2) is 42.5 Å². The normalized spacial score (nSPS) is 13.1. The Morgan fingerprint density at radius 1 is 1.06 bits per heavy atom. The third kappa shape index (κ3) is 3.09. The van der Waals surface area contributed by atoms with Gasteiger partial charge in [-0.15, -0.1) is 0 Å². The number of aliphatic hydroxyl groups excluding tert-OH is 1. The molecule has 0 bridgehead atoms. The lowest BCUT2D eigenvalue weighted by atomic mass is 10.0. The van der Waals surface area contributed by atoms with E-state index in [1.807, 2.05) is 13.8 Å². The molecule has 2 N–H and O–H groups in total. The van der Waals surface area contributed by atoms with Crippen molar-refractivity contribution in [2.75, 3.05) is 6.54 Å². The van der Waals surface area contributed by atoms with Gasteiger partial charge in [0.25, 0.3) is 0 Å². The Labute approximate surface area is 109 Å². The summed E-state index contributed by atoms with van der Waals surface area (Å²) in [4.78, 5) is 0. The van der Waals surface area contributed by atoms with E-state index in [-0.39, 0.29) is 6.10 Å². The molecule has 96 valence electrons. The summed E-state index contributed by atoms with van der Waals surface area (Å²) in [6.07, 6.45) is -0.278. The molecule has 0 saturated carbocycles. The summed E-state index contributed by atoms with van der Waals surface area (Å²) in [6.45, 7) is 5.50. The van der Waals surface area contributed by atoms with E-state index in [1.54, 1.807) is 0 Å². The molecule has 2 aromatic carbocycles. The van der Waals surface area contributed by atoms with E-state index in [0.717, 1.165) is 6.54 Å². The Balaban J connectivity index is 2.04. The van der Waals surface area contributed by atoms with Gasteiger partial charge in [0.15, 0.2) is 0 Å². The lowest BCUT2D eigenvalue weighted by Crippen LogP contribution is -2.30. The first-order valence-electron chi connectivity index (χ1n) is 6.54. The topological polar surface area (TPSA) is 32.3 Å². The summed E-state index contributed by atoms with van der Waals surface area (Å²) >= 11 is 0. The van der Waals surface area contributed by atoms with E-state index in [9.17, 15) is 5.11 Å². The maximum Gasteiger partial charge on any atom is 0.0687 e. The molecule has 0 aromatic heterocycles. The second-order valence-electron chi connectivity index (χ2n) is 5.08. The molecule has 2 aromatic rings. The highest BCUT2D eigenvalue weighted by molar-refractivity contribution is 5.85. The van der Waals surface area contributed by atoms with Crippen molar-refractivity contribution in [1.82, 2.24) is 5.32 Å². The van der Waals surface area contributed by atoms with Crippen LogP contribution in [0.2, 0.25) is 0 Å². The molecule has 1 atom stereocenters. The molecule has 0 aliphatic rings. The molecule has 0 fully saturated rings. The molecule has 0 amide bonds. The quantitative estimate of drug-likeness (QED) is 0.846. The Hall–Kier alpha value is -1.38. The largest absolute Gasteiger partial charge is 0.392 e. The summed E-state index contributed by atoms with van der Waals surface area (Å²) in [5, 5.41) is 15.6. The summed E-state index contributed by atoms with van der Waals surface area (Å²) in [7, 11) is 0. The molecule has 0 aliphatic carbocycles. The number of fused-ring (bicyclic) bond motifs is 1. The van der Waals surface area contributed by atoms with Gasteiger partial charge in [0.2, 0.25) is 0 Å². The van der Waals surface area contributed by atoms with Crippen molar-refractivity contribution in [3.8, 4) is 0 Å². The lowest BCUT2D eigenvalue weighted by Gasteiger charge is -2.15. The maximum atomic E-state index is 9.76. The van der Waals surface area contributed by atoms with E-state index in [1.165, 1.54) is 16.3 Å². The monoisotopic (exact) mass is 243 g/mol. The van der Waals surface area contributed by atoms with Gasteiger partial charge in [0, 0.05) is 13.1 Å². The van der Waals surface area contributed by atoms with Gasteiger partial charge in [-0.3, -0.25) is 0 Å². The van der Waals surface area contributed by atoms with E-state index in [0.29, 0.717) is 12.5 Å². The van der Waals surface area contributed by atoms with E-state index in [4.69, 9.17) is 0 Å². The minimum Gasteiger partial charge on any atom is -0.392 e. The van der Waals surface area contributed by atoms with Gasteiger partial charge in [-0.1, -0.05) is 56.3 Å². The van der Waals surface area contributed by atoms with Gasteiger partial charge in [0.05, 0.1) is 6.10 Å². The molecule has 2 heteroatoms. The van der Waals surface area contributed by atoms with Crippen LogP contribution in [-0.2, 0) is 6.54 Å². The van der Waals surface area contributed by atoms with Crippen LogP contribution in [0.5, 0.6) is 0 Å². The zero-order chi connectivity index (χ0) is 13.0. The highest BCUT2D eigenvalue weighted by atomic mass is 16.3. The number of hydrogen-bond donors (Lipinski definition) is 2. The number of rotatable bonds is 5. The molecule has 0 saturated heterocycles. The molecule has 0 radical (unpaired) electrons. The van der Waals surface area contributed by atoms with Crippen LogP contribution in [0.4, 0.5) is 0 Å². The maximum absolute atomic E-state index is 9.76. The first kappa shape index (κ1) is 13.1. The minimum atomic E-state index is -0.278. The first-order valence-corrected chi connectivity index (χ1v) is 6.54. The third-order valence-electron chi connectivity index (χ3n) is 3.32. The van der Waals surface area contributed by atoms with Crippen molar-refractivity contribution in [1.29, 1.82) is 0 Å². The van der Waals surface area contributed by atoms with Crippen LogP contribution >= 0.6 is 0 Å². The summed E-state index contributed by atoms with van der Waals surface area (Å²) in [5.41, 5.74) is 1.28. The van der Waals surface area contributed by atoms with Crippen LogP contribution in [0.3, 0.4) is 0 Å². The zero-order valence-electron chi connectivity index (χ0n) is 11.1. The van der Waals surface area contributed by atoms with Crippen molar-refractivity contribution >= 4 is 10.8 Å². The summed E-state index contributed by atoms with van der Waals surface area (Å²) in [5.74, 6) is 0.296. The number of benzene rings is 2. The van der Waals surface area contributed by atoms with E-state index >= 15 is 0 Å². The predicted octanol–water partition coefficient (Wildman–Crippen LogP) is 2.95. The fourth-order valence-electron chi connectivity index (χ4n) is 2.04. The summed E-state index contributed by atoms with van der Waals surface area (Å²) in [6, 6.07) is 14.7. The molecule has 18 heavy (non-hydrogen) atoms. The van der Waals surface area contributed by atoms with Gasteiger partial charge in [0.1, 0.15) is 0 Å². The second-order valence-corrected chi connectivity index (χ2v) is 5.08. The number of nitrogens with one attached hydrogen (secondary N) is 1. The van der Waals surface area contributed by atoms with Crippen LogP contribution in [0, 0.1) is 5.92 Å². The Kier molecular flexibility index (Phi) is 4.34. The van der Waals surface area contributed by atoms with Gasteiger partial charge >= 0.3 is 0 Å². The molecular weight excluding hydrogens is 222 g/mol. The molecule has 2 nitrogen and oxygen atoms in total. The molecule has 1 unspecified atom stereocenters. The molecule has 2 rings (SSSR count). The molecule has 0 spiro atoms. The van der Waals surface area contributed by atoms with E-state index in [2.05, 4.69) is 47.8 Å². The van der Waals surface area contributed by atoms with E-state index < -0.39 is 0 Å². The average molecular weight is 243 g/mol. The van der Waals surface area contributed by atoms with Crippen molar-refractivity contribution < 1.29 is 5.11 Å². The third-order valence-corrected chi connectivity index (χ3v) is 3.32. The predicted molar refractivity (Wildman–Crippen MR) is 76.5 cm³/mol. The molecule has 0 aliphatic heterocycles. The van der Waals surface area contributed by atoms with Crippen LogP contribution in [0.25, 0.3) is 10.8 Å². The van der Waals surface area contributed by atoms with Crippen molar-refractivity contribution in [2.24, 2.45) is 5.92 Å². The molecule has 0 heterocycles. The first-order chi connectivity index (χ1) is 8.68. The lowest BCUT2D eigenvalue weighted by molar-refractivity contribution is 0.123. The number of aliphatic hydroxyl groups is 1. The Bertz CT molecular complexity index is 502. The van der Waals surface area contributed by atoms with Gasteiger partial charge < -0.3 is 10.4 Å². The zero-order valence-corrected chi connectivity index (χ0v) is 11.1. The second kappa shape index (κ2) is 5.98. The van der Waals surface area contributed by atoms with Crippen molar-refractivity contribution in [3.63, 3.8) is 0 Å². The average Bonchev–Trinajstić information content (AvgIpc) is 2.38. The van der Waals surface area contributed by atoms with Crippen LogP contribution < -0.4 is 5.32 Å². The van der Waals surface area contributed by atoms with Crippen LogP contribution in [-0.4, -0.2) is 17.8 Å². The molecular formula is C16H21NO. The minimum absolute atomic E-state index is 0.278. The van der Waals surface area contributed by atoms with Crippen molar-refractivity contribution in [2.45, 2.75) is 26.5 Å². The highest BCUT2D eigenvalue weighted by Crippen LogP contribution is 2.18. The fourth-order valence-corrected chi connectivity index (χ4v) is 2.04. The van der Waals surface area contributed by atoms with Gasteiger partial charge in [-0.05, 0) is 22.3 Å². The summed E-state index contributed by atoms with van der Waals surface area (Å²) < 4.78 is 0. The number of hydrogen-bond acceptors (Lipinski definition) is 2. The smallest absolute Gasteiger partial charge is 0.0687 e. The fraction of sp³-hybridized carbons (Fsp3) is 0.375. The van der Waals surface area contributed by atoms with Crippen molar-refractivity contribution in [3.05, 3.63) is 48.0 Å². The van der Waals surface area contributed by atoms with Gasteiger partial charge in [-0.2, -0.15) is 0 Å². The highest BCUT2D eigenvalue weighted by Gasteiger charge is 2.08. The Morgan fingerprint density at radius 3 is 2.56 bits per heavy atom. The van der Waals surface area contributed by atoms with Crippen LogP contribution in [0.1, 0.15) is 19.4 Å². The standard InChI is InChI=1S/C16H21NO/c1-12(2)16(18)11-17-10-14-8-5-7-13-6-3-4-9-15(13)14/h3-9,12,16-18H,10-11H2,1-2H3. The Morgan fingerprint density at radius 2 is 1.78 bits per heavy atom. The SMILES string of the molecule is CC(C)C(O)CNCc1cccc2ccccc12.